The Hall–Kier alpha value is -1.57. The molecule has 4 unspecified atom stereocenters. The number of amides is 3. The fraction of sp³-hybridized carbons (Fsp3) is 0.857. The number of thiol groups is 1. The fourth-order valence-electron chi connectivity index (χ4n) is 4.03. The molecule has 0 spiro atoms. The Bertz CT molecular complexity index is 839. The van der Waals surface area contributed by atoms with E-state index in [0.29, 0.717) is 0 Å². The topological polar surface area (TPSA) is 162 Å². The van der Waals surface area contributed by atoms with Gasteiger partial charge in [-0.1, -0.05) is 0 Å². The van der Waals surface area contributed by atoms with E-state index in [2.05, 4.69) is 12.6 Å². The smallest absolute Gasteiger partial charge is 0.388 e. The van der Waals surface area contributed by atoms with Gasteiger partial charge in [0.15, 0.2) is 6.29 Å². The number of aliphatic hydroxyl groups is 2. The summed E-state index contributed by atoms with van der Waals surface area (Å²) >= 11 is 4.04. The molecule has 3 aliphatic heterocycles. The van der Waals surface area contributed by atoms with Gasteiger partial charge in [0.25, 0.3) is 0 Å². The van der Waals surface area contributed by atoms with E-state index < -0.39 is 47.5 Å². The van der Waals surface area contributed by atoms with Gasteiger partial charge in [0.05, 0.1) is 71.3 Å². The van der Waals surface area contributed by atoms with Crippen LogP contribution in [0.25, 0.3) is 0 Å². The predicted molar refractivity (Wildman–Crippen MR) is 121 cm³/mol. The van der Waals surface area contributed by atoms with Gasteiger partial charge in [-0.3, -0.25) is 19.3 Å². The molecule has 13 nitrogen and oxygen atoms in total. The van der Waals surface area contributed by atoms with Gasteiger partial charge in [0, 0.05) is 6.42 Å². The molecule has 3 N–H and O–H groups in total. The number of halogens is 3. The van der Waals surface area contributed by atoms with Crippen LogP contribution in [0.5, 0.6) is 0 Å². The molecule has 0 aliphatic carbocycles. The summed E-state index contributed by atoms with van der Waals surface area (Å²) < 4.78 is 69.8. The third kappa shape index (κ3) is 7.76. The zero-order chi connectivity index (χ0) is 27.9. The summed E-state index contributed by atoms with van der Waals surface area (Å²) in [6, 6.07) is -1.61. The minimum Gasteiger partial charge on any atom is -0.388 e. The molecule has 0 radical (unpaired) electrons. The Balaban J connectivity index is 1.20. The number of hydrogen-bond donors (Lipinski definition) is 4. The number of carbonyl (C=O) groups is 3. The molecule has 218 valence electrons. The van der Waals surface area contributed by atoms with E-state index in [1.54, 1.807) is 5.32 Å². The molecule has 3 heterocycles. The van der Waals surface area contributed by atoms with Gasteiger partial charge in [0.2, 0.25) is 11.8 Å². The fourth-order valence-corrected chi connectivity index (χ4v) is 4.33. The predicted octanol–water partition coefficient (Wildman–Crippen LogP) is -2.00. The summed E-state index contributed by atoms with van der Waals surface area (Å²) in [4.78, 5) is 35.6. The highest BCUT2D eigenvalue weighted by molar-refractivity contribution is 7.81. The molecular weight excluding hydrogens is 545 g/mol. The Morgan fingerprint density at radius 1 is 1.05 bits per heavy atom. The normalized spacial score (nSPS) is 31.3. The van der Waals surface area contributed by atoms with Crippen molar-refractivity contribution in [3.8, 4) is 0 Å². The second-order valence-corrected chi connectivity index (χ2v) is 9.41. The lowest BCUT2D eigenvalue weighted by Gasteiger charge is -2.42. The first-order chi connectivity index (χ1) is 18.0. The molecule has 0 saturated carbocycles. The second-order valence-electron chi connectivity index (χ2n) is 8.79. The minimum absolute atomic E-state index is 0.0804. The number of aliphatic hydroxyl groups excluding tert-OH is 2. The van der Waals surface area contributed by atoms with E-state index in [1.807, 2.05) is 0 Å². The van der Waals surface area contributed by atoms with Crippen LogP contribution in [0.2, 0.25) is 0 Å². The van der Waals surface area contributed by atoms with E-state index in [-0.39, 0.29) is 84.2 Å². The van der Waals surface area contributed by atoms with Crippen molar-refractivity contribution in [3.05, 3.63) is 0 Å². The average molecular weight is 577 g/mol. The lowest BCUT2D eigenvalue weighted by molar-refractivity contribution is -0.240. The van der Waals surface area contributed by atoms with Crippen molar-refractivity contribution in [2.45, 2.75) is 48.0 Å². The maximum absolute atomic E-state index is 12.5. The van der Waals surface area contributed by atoms with Crippen molar-refractivity contribution in [2.24, 2.45) is 0 Å². The quantitative estimate of drug-likeness (QED) is 0.0970. The summed E-state index contributed by atoms with van der Waals surface area (Å²) in [5.74, 6) is -2.87. The monoisotopic (exact) mass is 576 g/mol. The van der Waals surface area contributed by atoms with E-state index in [1.165, 1.54) is 0 Å². The van der Waals surface area contributed by atoms with Crippen LogP contribution in [0.1, 0.15) is 6.42 Å². The molecule has 3 fully saturated rings. The van der Waals surface area contributed by atoms with Gasteiger partial charge in [-0.2, -0.15) is 25.8 Å². The zero-order valence-electron chi connectivity index (χ0n) is 20.3. The number of nitrogens with one attached hydrogen (secondary N) is 1. The first kappa shape index (κ1) is 31.0. The SMILES string of the molecule is O=C1CC(S)C(=O)N1CCOCCOCCOCCOC[C@@]12COC(O1)[C@@H](NC(=O)C(F)(F)F)C(O)C2O. The van der Waals surface area contributed by atoms with E-state index in [4.69, 9.17) is 28.4 Å². The third-order valence-corrected chi connectivity index (χ3v) is 6.47. The molecule has 38 heavy (non-hydrogen) atoms. The number of imide groups is 1. The van der Waals surface area contributed by atoms with Crippen LogP contribution in [0, 0.1) is 0 Å². The molecular formula is C21H31F3N2O11S. The maximum Gasteiger partial charge on any atom is 0.471 e. The van der Waals surface area contributed by atoms with Crippen LogP contribution in [-0.4, -0.2) is 140 Å². The van der Waals surface area contributed by atoms with Crippen molar-refractivity contribution < 1.29 is 66.2 Å². The summed E-state index contributed by atoms with van der Waals surface area (Å²) in [7, 11) is 0. The first-order valence-electron chi connectivity index (χ1n) is 11.8. The van der Waals surface area contributed by atoms with Crippen LogP contribution in [0.3, 0.4) is 0 Å². The first-order valence-corrected chi connectivity index (χ1v) is 12.3. The zero-order valence-corrected chi connectivity index (χ0v) is 21.2. The number of hydrogen-bond acceptors (Lipinski definition) is 12. The number of nitrogens with zero attached hydrogens (tertiary/aromatic N) is 1. The highest BCUT2D eigenvalue weighted by Crippen LogP contribution is 2.37. The number of rotatable bonds is 15. The summed E-state index contributed by atoms with van der Waals surface area (Å²) in [6.07, 6.45) is -9.90. The van der Waals surface area contributed by atoms with Gasteiger partial charge in [0.1, 0.15) is 23.9 Å². The Labute approximate surface area is 221 Å². The molecule has 3 amide bonds. The van der Waals surface area contributed by atoms with Crippen molar-refractivity contribution in [1.29, 1.82) is 0 Å². The standard InChI is InChI=1S/C21H31F3N2O11S/c22-21(23,24)19(31)25-14-15(28)16(29)20(11-36-18(14)37-20)10-35-8-7-34-6-5-33-4-3-32-2-1-26-13(27)9-12(38)17(26)30/h12,14-16,18,28-29,38H,1-11H2,(H,25,31)/t12?,14-,15?,16?,18?,20-/m0/s1. The third-order valence-electron chi connectivity index (χ3n) is 6.06. The molecule has 6 atom stereocenters. The molecule has 3 aliphatic rings. The highest BCUT2D eigenvalue weighted by Gasteiger charge is 2.60. The lowest BCUT2D eigenvalue weighted by Crippen LogP contribution is -2.67. The highest BCUT2D eigenvalue weighted by atomic mass is 32.1. The van der Waals surface area contributed by atoms with Crippen molar-refractivity contribution in [3.63, 3.8) is 0 Å². The molecule has 0 aromatic rings. The average Bonchev–Trinajstić information content (AvgIpc) is 3.37. The van der Waals surface area contributed by atoms with Crippen LogP contribution >= 0.6 is 12.6 Å². The molecule has 0 aromatic carbocycles. The van der Waals surface area contributed by atoms with Crippen molar-refractivity contribution in [1.82, 2.24) is 10.2 Å². The van der Waals surface area contributed by atoms with Crippen LogP contribution in [-0.2, 0) is 42.8 Å². The second kappa shape index (κ2) is 13.7. The van der Waals surface area contributed by atoms with Gasteiger partial charge in [-0.15, -0.1) is 0 Å². The van der Waals surface area contributed by atoms with Crippen molar-refractivity contribution >= 4 is 30.4 Å². The molecule has 2 bridgehead atoms. The lowest BCUT2D eigenvalue weighted by atomic mass is 9.88. The van der Waals surface area contributed by atoms with Crippen molar-refractivity contribution in [2.75, 3.05) is 66.0 Å². The van der Waals surface area contributed by atoms with Gasteiger partial charge >= 0.3 is 12.1 Å². The Morgan fingerprint density at radius 2 is 1.63 bits per heavy atom. The number of alkyl halides is 3. The Kier molecular flexibility index (Phi) is 11.1. The number of fused-ring (bicyclic) bond motifs is 2. The van der Waals surface area contributed by atoms with E-state index in [9.17, 15) is 37.8 Å². The van der Waals surface area contributed by atoms with Gasteiger partial charge < -0.3 is 44.0 Å². The van der Waals surface area contributed by atoms with E-state index in [0.717, 1.165) is 4.90 Å². The van der Waals surface area contributed by atoms with Gasteiger partial charge in [-0.05, 0) is 0 Å². The number of ether oxygens (including phenoxy) is 6. The van der Waals surface area contributed by atoms with E-state index >= 15 is 0 Å². The van der Waals surface area contributed by atoms with Crippen LogP contribution in [0.4, 0.5) is 13.2 Å². The van der Waals surface area contributed by atoms with Gasteiger partial charge in [-0.25, -0.2) is 0 Å². The maximum atomic E-state index is 12.5. The summed E-state index contributed by atoms with van der Waals surface area (Å²) in [6.45, 7) is 1.18. The van der Waals surface area contributed by atoms with Crippen LogP contribution < -0.4 is 5.32 Å². The molecule has 3 saturated heterocycles. The Morgan fingerprint density at radius 3 is 2.18 bits per heavy atom. The number of carbonyl (C=O) groups excluding carboxylic acids is 3. The summed E-state index contributed by atoms with van der Waals surface area (Å²) in [5.41, 5.74) is -1.50. The molecule has 17 heteroatoms. The molecule has 0 aromatic heterocycles. The van der Waals surface area contributed by atoms with Crippen LogP contribution in [0.15, 0.2) is 0 Å². The number of likely N-dealkylation sites (tertiary alicyclic amines) is 1. The minimum atomic E-state index is -5.17. The summed E-state index contributed by atoms with van der Waals surface area (Å²) in [5, 5.41) is 21.6. The largest absolute Gasteiger partial charge is 0.471 e. The molecule has 3 rings (SSSR count).